The third kappa shape index (κ3) is 6.40. The van der Waals surface area contributed by atoms with Crippen molar-refractivity contribution in [2.75, 3.05) is 13.7 Å². The van der Waals surface area contributed by atoms with Crippen molar-refractivity contribution in [3.63, 3.8) is 0 Å². The third-order valence-corrected chi connectivity index (χ3v) is 9.82. The Hall–Kier alpha value is -3.83. The van der Waals surface area contributed by atoms with E-state index in [1.54, 1.807) is 7.11 Å². The van der Waals surface area contributed by atoms with Crippen LogP contribution in [-0.2, 0) is 22.6 Å². The standard InChI is InChI=1S/C40H44ClNO4/c1-25-11-10-14-27(17-25)24-46-38-29(41)18-28(19-34(38)45-6)35-36-30(20-39(2,3)22-32(36)43)42(16-15-26-12-8-7-9-13-26)31-21-40(4,5)23-33(44)37(31)35/h7-14,17-19,35H,15-16,20-24H2,1-6H3. The Labute approximate surface area is 278 Å². The highest BCUT2D eigenvalue weighted by molar-refractivity contribution is 6.32. The molecule has 5 nitrogen and oxygen atoms in total. The van der Waals surface area contributed by atoms with Gasteiger partial charge in [-0.2, -0.15) is 0 Å². The molecular weight excluding hydrogens is 594 g/mol. The van der Waals surface area contributed by atoms with Gasteiger partial charge in [0.15, 0.2) is 23.1 Å². The second-order valence-corrected chi connectivity index (χ2v) is 15.1. The number of benzene rings is 3. The van der Waals surface area contributed by atoms with Gasteiger partial charge in [0, 0.05) is 47.8 Å². The van der Waals surface area contributed by atoms with Gasteiger partial charge in [-0.1, -0.05) is 99.5 Å². The Bertz CT molecular complexity index is 1700. The molecule has 240 valence electrons. The van der Waals surface area contributed by atoms with E-state index in [2.05, 4.69) is 62.9 Å². The summed E-state index contributed by atoms with van der Waals surface area (Å²) in [5.74, 6) is 0.617. The molecule has 3 aromatic carbocycles. The first kappa shape index (κ1) is 32.1. The molecule has 2 aliphatic carbocycles. The second-order valence-electron chi connectivity index (χ2n) is 14.7. The summed E-state index contributed by atoms with van der Waals surface area (Å²) in [6.07, 6.45) is 3.19. The van der Waals surface area contributed by atoms with E-state index in [0.29, 0.717) is 42.5 Å². The minimum atomic E-state index is -0.512. The molecule has 0 fully saturated rings. The van der Waals surface area contributed by atoms with Gasteiger partial charge in [0.1, 0.15) is 6.61 Å². The van der Waals surface area contributed by atoms with Crippen LogP contribution in [0.25, 0.3) is 0 Å². The number of rotatable bonds is 8. The summed E-state index contributed by atoms with van der Waals surface area (Å²) in [4.78, 5) is 30.8. The second kappa shape index (κ2) is 12.4. The van der Waals surface area contributed by atoms with Gasteiger partial charge in [0.2, 0.25) is 0 Å². The number of allylic oxidation sites excluding steroid dienone is 4. The largest absolute Gasteiger partial charge is 0.493 e. The van der Waals surface area contributed by atoms with Crippen molar-refractivity contribution in [1.82, 2.24) is 4.90 Å². The van der Waals surface area contributed by atoms with E-state index in [9.17, 15) is 9.59 Å². The summed E-state index contributed by atoms with van der Waals surface area (Å²) in [7, 11) is 1.60. The fraction of sp³-hybridized carbons (Fsp3) is 0.400. The first-order valence-electron chi connectivity index (χ1n) is 16.3. The molecule has 3 aliphatic rings. The normalized spacial score (nSPS) is 19.2. The number of halogens is 1. The summed E-state index contributed by atoms with van der Waals surface area (Å²) in [6.45, 7) is 11.8. The van der Waals surface area contributed by atoms with Crippen LogP contribution in [0.1, 0.15) is 81.5 Å². The average Bonchev–Trinajstić information content (AvgIpc) is 2.98. The van der Waals surface area contributed by atoms with Crippen molar-refractivity contribution in [2.45, 2.75) is 79.2 Å². The summed E-state index contributed by atoms with van der Waals surface area (Å²) >= 11 is 6.97. The van der Waals surface area contributed by atoms with Crippen LogP contribution in [0.3, 0.4) is 0 Å². The maximum atomic E-state index is 14.2. The number of carbonyl (C=O) groups is 2. The van der Waals surface area contributed by atoms with Gasteiger partial charge in [-0.05, 0) is 65.8 Å². The highest BCUT2D eigenvalue weighted by atomic mass is 35.5. The number of methoxy groups -OCH3 is 1. The number of carbonyl (C=O) groups excluding carboxylic acids is 2. The number of nitrogens with zero attached hydrogens (tertiary/aromatic N) is 1. The Kier molecular flexibility index (Phi) is 8.67. The van der Waals surface area contributed by atoms with Crippen LogP contribution in [0.4, 0.5) is 0 Å². The van der Waals surface area contributed by atoms with Crippen LogP contribution in [-0.4, -0.2) is 30.1 Å². The predicted molar refractivity (Wildman–Crippen MR) is 183 cm³/mol. The van der Waals surface area contributed by atoms with Gasteiger partial charge >= 0.3 is 0 Å². The molecule has 0 aromatic heterocycles. The molecule has 0 saturated carbocycles. The van der Waals surface area contributed by atoms with Crippen molar-refractivity contribution in [3.05, 3.63) is 117 Å². The maximum Gasteiger partial charge on any atom is 0.180 e. The van der Waals surface area contributed by atoms with Gasteiger partial charge in [-0.3, -0.25) is 9.59 Å². The van der Waals surface area contributed by atoms with Crippen LogP contribution in [0.2, 0.25) is 5.02 Å². The van der Waals surface area contributed by atoms with Crippen molar-refractivity contribution in [1.29, 1.82) is 0 Å². The highest BCUT2D eigenvalue weighted by Crippen LogP contribution is 2.55. The van der Waals surface area contributed by atoms with Gasteiger partial charge in [-0.25, -0.2) is 0 Å². The first-order chi connectivity index (χ1) is 21.9. The average molecular weight is 638 g/mol. The number of Topliss-reactive ketones (excluding diaryl/α,β-unsaturated/α-hetero) is 2. The number of hydrogen-bond donors (Lipinski definition) is 0. The molecule has 0 N–H and O–H groups in total. The Morgan fingerprint density at radius 1 is 0.804 bits per heavy atom. The van der Waals surface area contributed by atoms with Crippen LogP contribution >= 0.6 is 11.6 Å². The smallest absolute Gasteiger partial charge is 0.180 e. The van der Waals surface area contributed by atoms with Crippen LogP contribution in [0.5, 0.6) is 11.5 Å². The molecule has 1 aliphatic heterocycles. The minimum absolute atomic E-state index is 0.0972. The van der Waals surface area contributed by atoms with E-state index in [-0.39, 0.29) is 22.4 Å². The molecule has 1 heterocycles. The molecule has 0 radical (unpaired) electrons. The monoisotopic (exact) mass is 637 g/mol. The van der Waals surface area contributed by atoms with E-state index >= 15 is 0 Å². The summed E-state index contributed by atoms with van der Waals surface area (Å²) < 4.78 is 12.1. The zero-order chi connectivity index (χ0) is 32.8. The number of ketones is 2. The van der Waals surface area contributed by atoms with E-state index in [1.165, 1.54) is 5.56 Å². The van der Waals surface area contributed by atoms with Crippen molar-refractivity contribution < 1.29 is 19.1 Å². The van der Waals surface area contributed by atoms with Gasteiger partial charge in [0.25, 0.3) is 0 Å². The zero-order valence-corrected chi connectivity index (χ0v) is 28.6. The van der Waals surface area contributed by atoms with E-state index in [0.717, 1.165) is 58.5 Å². The molecule has 0 unspecified atom stereocenters. The Balaban J connectivity index is 1.47. The molecular formula is C40H44ClNO4. The van der Waals surface area contributed by atoms with Crippen LogP contribution in [0, 0.1) is 17.8 Å². The molecule has 6 rings (SSSR count). The van der Waals surface area contributed by atoms with Crippen molar-refractivity contribution in [3.8, 4) is 11.5 Å². The van der Waals surface area contributed by atoms with Crippen molar-refractivity contribution >= 4 is 23.2 Å². The van der Waals surface area contributed by atoms with Gasteiger partial charge < -0.3 is 14.4 Å². The van der Waals surface area contributed by atoms with Gasteiger partial charge in [0.05, 0.1) is 12.1 Å². The summed E-state index contributed by atoms with van der Waals surface area (Å²) in [6, 6.07) is 22.4. The SMILES string of the molecule is COc1cc(C2C3=C(CC(C)(C)CC3=O)N(CCc3ccccc3)C3=C2C(=O)CC(C)(C)C3)cc(Cl)c1OCc1cccc(C)c1. The van der Waals surface area contributed by atoms with E-state index in [4.69, 9.17) is 21.1 Å². The quantitative estimate of drug-likeness (QED) is 0.246. The molecule has 6 heteroatoms. The molecule has 46 heavy (non-hydrogen) atoms. The Morgan fingerprint density at radius 2 is 1.41 bits per heavy atom. The summed E-state index contributed by atoms with van der Waals surface area (Å²) in [5, 5.41) is 0.394. The highest BCUT2D eigenvalue weighted by Gasteiger charge is 2.49. The summed E-state index contributed by atoms with van der Waals surface area (Å²) in [5.41, 5.74) is 7.35. The zero-order valence-electron chi connectivity index (χ0n) is 27.8. The minimum Gasteiger partial charge on any atom is -0.493 e. The van der Waals surface area contributed by atoms with Crippen LogP contribution in [0.15, 0.2) is 89.3 Å². The molecule has 0 amide bonds. The van der Waals surface area contributed by atoms with E-state index in [1.807, 2.05) is 43.3 Å². The molecule has 0 atom stereocenters. The number of ether oxygens (including phenoxy) is 2. The lowest BCUT2D eigenvalue weighted by Gasteiger charge is -2.49. The predicted octanol–water partition coefficient (Wildman–Crippen LogP) is 9.16. The molecule has 0 bridgehead atoms. The number of hydrogen-bond acceptors (Lipinski definition) is 5. The fourth-order valence-electron chi connectivity index (χ4n) is 7.54. The van der Waals surface area contributed by atoms with Crippen LogP contribution < -0.4 is 9.47 Å². The number of aryl methyl sites for hydroxylation is 1. The molecule has 0 saturated heterocycles. The van der Waals surface area contributed by atoms with Gasteiger partial charge in [-0.15, -0.1) is 0 Å². The Morgan fingerprint density at radius 3 is 2.00 bits per heavy atom. The maximum absolute atomic E-state index is 14.2. The topological polar surface area (TPSA) is 55.8 Å². The first-order valence-corrected chi connectivity index (χ1v) is 16.6. The lowest BCUT2D eigenvalue weighted by Crippen LogP contribution is -2.45. The van der Waals surface area contributed by atoms with Crippen molar-refractivity contribution in [2.24, 2.45) is 10.8 Å². The molecule has 0 spiro atoms. The molecule has 3 aromatic rings. The lowest BCUT2D eigenvalue weighted by molar-refractivity contribution is -0.119. The van der Waals surface area contributed by atoms with E-state index < -0.39 is 5.92 Å². The lowest BCUT2D eigenvalue weighted by atomic mass is 9.63. The fourth-order valence-corrected chi connectivity index (χ4v) is 7.81. The third-order valence-electron chi connectivity index (χ3n) is 9.54.